The van der Waals surface area contributed by atoms with E-state index < -0.39 is 17.7 Å². The van der Waals surface area contributed by atoms with Gasteiger partial charge in [-0.25, -0.2) is 9.78 Å². The summed E-state index contributed by atoms with van der Waals surface area (Å²) in [4.78, 5) is 31.5. The number of ether oxygens (including phenoxy) is 1. The normalized spacial score (nSPS) is 11.8. The van der Waals surface area contributed by atoms with Gasteiger partial charge in [-0.05, 0) is 24.6 Å². The monoisotopic (exact) mass is 336 g/mol. The molecule has 0 saturated heterocycles. The zero-order chi connectivity index (χ0) is 17.8. The number of hydrogen-bond donors (Lipinski definition) is 1. The van der Waals surface area contributed by atoms with Crippen LogP contribution in [0.5, 0.6) is 0 Å². The highest BCUT2D eigenvalue weighted by atomic mass is 16.5. The number of nitrogens with zero attached hydrogens (tertiary/aromatic N) is 3. The van der Waals surface area contributed by atoms with E-state index in [1.807, 2.05) is 36.4 Å². The van der Waals surface area contributed by atoms with E-state index in [1.54, 1.807) is 13.0 Å². The molecule has 1 atom stereocenters. The van der Waals surface area contributed by atoms with Gasteiger partial charge in [0.15, 0.2) is 5.65 Å². The summed E-state index contributed by atoms with van der Waals surface area (Å²) >= 11 is 0. The molecule has 0 saturated carbocycles. The van der Waals surface area contributed by atoms with E-state index >= 15 is 0 Å². The fourth-order valence-corrected chi connectivity index (χ4v) is 2.76. The molecule has 0 spiro atoms. The van der Waals surface area contributed by atoms with Crippen molar-refractivity contribution in [2.24, 2.45) is 0 Å². The number of nitrogens with one attached hydrogen (secondary N) is 1. The van der Waals surface area contributed by atoms with E-state index in [-0.39, 0.29) is 18.7 Å². The van der Waals surface area contributed by atoms with Gasteiger partial charge in [0.1, 0.15) is 11.8 Å². The van der Waals surface area contributed by atoms with Crippen molar-refractivity contribution < 1.29 is 9.53 Å². The minimum atomic E-state index is -0.581. The number of carbonyl (C=O) groups excluding carboxylic acids is 1. The molecule has 1 aromatic carbocycles. The predicted molar refractivity (Wildman–Crippen MR) is 90.9 cm³/mol. The Labute approximate surface area is 143 Å². The van der Waals surface area contributed by atoms with E-state index in [0.29, 0.717) is 11.2 Å². The van der Waals surface area contributed by atoms with Crippen molar-refractivity contribution in [2.45, 2.75) is 19.4 Å². The molecule has 0 radical (unpaired) electrons. The average molecular weight is 336 g/mol. The molecule has 0 amide bonds. The van der Waals surface area contributed by atoms with Crippen LogP contribution in [0.15, 0.2) is 47.3 Å². The number of pyridine rings is 1. The highest BCUT2D eigenvalue weighted by molar-refractivity contribution is 5.74. The Hall–Kier alpha value is -3.40. The number of aromatic nitrogens is 3. The average Bonchev–Trinajstić information content (AvgIpc) is 2.95. The molecule has 7 nitrogen and oxygen atoms in total. The number of fused-ring (bicyclic) bond motifs is 1. The van der Waals surface area contributed by atoms with Crippen LogP contribution in [0.2, 0.25) is 0 Å². The second-order valence-electron chi connectivity index (χ2n) is 5.42. The summed E-state index contributed by atoms with van der Waals surface area (Å²) in [5.41, 5.74) is 1.43. The topological polar surface area (TPSA) is 101 Å². The van der Waals surface area contributed by atoms with Crippen molar-refractivity contribution in [3.05, 3.63) is 64.2 Å². The first-order valence-corrected chi connectivity index (χ1v) is 7.86. The lowest BCUT2D eigenvalue weighted by Crippen LogP contribution is -2.26. The zero-order valence-corrected chi connectivity index (χ0v) is 13.6. The molecule has 2 aromatic heterocycles. The third-order valence-corrected chi connectivity index (χ3v) is 3.84. The molecule has 0 fully saturated rings. The van der Waals surface area contributed by atoms with E-state index in [1.165, 1.54) is 10.6 Å². The third-order valence-electron chi connectivity index (χ3n) is 3.84. The number of esters is 1. The smallest absolute Gasteiger partial charge is 0.328 e. The van der Waals surface area contributed by atoms with Gasteiger partial charge in [0.25, 0.3) is 0 Å². The van der Waals surface area contributed by atoms with Crippen LogP contribution < -0.4 is 5.69 Å². The summed E-state index contributed by atoms with van der Waals surface area (Å²) in [7, 11) is 0. The molecular formula is C18H16N4O3. The maximum absolute atomic E-state index is 12.5. The number of carbonyl (C=O) groups is 1. The lowest BCUT2D eigenvalue weighted by molar-refractivity contribution is -0.143. The Balaban J connectivity index is 2.17. The van der Waals surface area contributed by atoms with Gasteiger partial charge >= 0.3 is 11.7 Å². The lowest BCUT2D eigenvalue weighted by atomic mass is 10.0. The molecule has 0 aliphatic rings. The molecule has 3 aromatic rings. The largest absolute Gasteiger partial charge is 0.466 e. The van der Waals surface area contributed by atoms with Crippen molar-refractivity contribution in [3.63, 3.8) is 0 Å². The van der Waals surface area contributed by atoms with Crippen LogP contribution >= 0.6 is 0 Å². The number of aromatic amines is 1. The standard InChI is InChI=1S/C18H16N4O3/c1-2-25-16(23)10-15(12-6-4-3-5-7-12)22-17-14(21-18(22)24)9-8-13(11-19)20-17/h3-9,15H,2,10H2,1H3,(H,21,24)/t15-/m1/s1. The molecule has 0 bridgehead atoms. The molecule has 1 N–H and O–H groups in total. The van der Waals surface area contributed by atoms with Crippen LogP contribution in [0.25, 0.3) is 11.2 Å². The second-order valence-corrected chi connectivity index (χ2v) is 5.42. The maximum Gasteiger partial charge on any atom is 0.328 e. The molecule has 25 heavy (non-hydrogen) atoms. The molecule has 0 aliphatic heterocycles. The van der Waals surface area contributed by atoms with Crippen molar-refractivity contribution in [1.82, 2.24) is 14.5 Å². The fraction of sp³-hybridized carbons (Fsp3) is 0.222. The quantitative estimate of drug-likeness (QED) is 0.719. The summed E-state index contributed by atoms with van der Waals surface area (Å²) in [5, 5.41) is 9.08. The number of hydrogen-bond acceptors (Lipinski definition) is 5. The Kier molecular flexibility index (Phi) is 4.61. The predicted octanol–water partition coefficient (Wildman–Crippen LogP) is 2.14. The first-order valence-electron chi connectivity index (χ1n) is 7.86. The molecule has 2 heterocycles. The van der Waals surface area contributed by atoms with Crippen LogP contribution in [-0.2, 0) is 9.53 Å². The summed E-state index contributed by atoms with van der Waals surface area (Å²) in [6.45, 7) is 1.99. The number of benzene rings is 1. The number of H-pyrrole nitrogens is 1. The number of nitriles is 1. The van der Waals surface area contributed by atoms with Crippen molar-refractivity contribution in [3.8, 4) is 6.07 Å². The van der Waals surface area contributed by atoms with Crippen LogP contribution in [0.1, 0.15) is 30.6 Å². The van der Waals surface area contributed by atoms with Crippen molar-refractivity contribution >= 4 is 17.1 Å². The SMILES string of the molecule is CCOC(=O)C[C@H](c1ccccc1)n1c(=O)[nH]c2ccc(C#N)nc21. The van der Waals surface area contributed by atoms with Crippen molar-refractivity contribution in [1.29, 1.82) is 5.26 Å². The van der Waals surface area contributed by atoms with Gasteiger partial charge in [0, 0.05) is 0 Å². The highest BCUT2D eigenvalue weighted by Gasteiger charge is 2.23. The van der Waals surface area contributed by atoms with E-state index in [2.05, 4.69) is 9.97 Å². The van der Waals surface area contributed by atoms with E-state index in [0.717, 1.165) is 5.56 Å². The van der Waals surface area contributed by atoms with E-state index in [4.69, 9.17) is 10.00 Å². The van der Waals surface area contributed by atoms with Crippen LogP contribution in [0.3, 0.4) is 0 Å². The number of rotatable bonds is 5. The molecule has 0 aliphatic carbocycles. The molecule has 0 unspecified atom stereocenters. The maximum atomic E-state index is 12.5. The van der Waals surface area contributed by atoms with Gasteiger partial charge in [-0.3, -0.25) is 9.36 Å². The van der Waals surface area contributed by atoms with Crippen LogP contribution in [0, 0.1) is 11.3 Å². The Morgan fingerprint density at radius 2 is 2.08 bits per heavy atom. The van der Waals surface area contributed by atoms with Gasteiger partial charge in [0.2, 0.25) is 0 Å². The van der Waals surface area contributed by atoms with Gasteiger partial charge in [-0.1, -0.05) is 30.3 Å². The minimum absolute atomic E-state index is 0.0107. The van der Waals surface area contributed by atoms with Gasteiger partial charge in [-0.2, -0.15) is 5.26 Å². The highest BCUT2D eigenvalue weighted by Crippen LogP contribution is 2.24. The molecular weight excluding hydrogens is 320 g/mol. The number of imidazole rings is 1. The summed E-state index contributed by atoms with van der Waals surface area (Å²) in [6, 6.07) is 13.7. The fourth-order valence-electron chi connectivity index (χ4n) is 2.76. The second kappa shape index (κ2) is 7.01. The zero-order valence-electron chi connectivity index (χ0n) is 13.6. The summed E-state index contributed by atoms with van der Waals surface area (Å²) < 4.78 is 6.46. The Bertz CT molecular complexity index is 999. The van der Waals surface area contributed by atoms with Crippen molar-refractivity contribution in [2.75, 3.05) is 6.61 Å². The lowest BCUT2D eigenvalue weighted by Gasteiger charge is -2.18. The first-order chi connectivity index (χ1) is 12.1. The molecule has 7 heteroatoms. The minimum Gasteiger partial charge on any atom is -0.466 e. The third kappa shape index (κ3) is 3.28. The summed E-state index contributed by atoms with van der Waals surface area (Å²) in [5.74, 6) is -0.408. The van der Waals surface area contributed by atoms with Gasteiger partial charge in [0.05, 0.1) is 24.6 Å². The van der Waals surface area contributed by atoms with E-state index in [9.17, 15) is 9.59 Å². The molecule has 126 valence electrons. The van der Waals surface area contributed by atoms with Gasteiger partial charge in [-0.15, -0.1) is 0 Å². The molecule has 3 rings (SSSR count). The Morgan fingerprint density at radius 1 is 1.32 bits per heavy atom. The van der Waals surface area contributed by atoms with Crippen LogP contribution in [0.4, 0.5) is 0 Å². The summed E-state index contributed by atoms with van der Waals surface area (Å²) in [6.07, 6.45) is -0.0107. The Morgan fingerprint density at radius 3 is 2.76 bits per heavy atom. The first kappa shape index (κ1) is 16.5. The van der Waals surface area contributed by atoms with Crippen LogP contribution in [-0.4, -0.2) is 27.1 Å². The van der Waals surface area contributed by atoms with Gasteiger partial charge < -0.3 is 9.72 Å².